The number of aliphatic hydroxyl groups excluding tert-OH is 1. The van der Waals surface area contributed by atoms with Gasteiger partial charge in [-0.15, -0.1) is 0 Å². The van der Waals surface area contributed by atoms with Crippen molar-refractivity contribution in [3.63, 3.8) is 0 Å². The zero-order valence-corrected chi connectivity index (χ0v) is 11.0. The van der Waals surface area contributed by atoms with E-state index in [1.807, 2.05) is 6.92 Å². The minimum absolute atomic E-state index is 0.0916. The lowest BCUT2D eigenvalue weighted by atomic mass is 9.98. The van der Waals surface area contributed by atoms with E-state index in [1.165, 1.54) is 5.69 Å². The van der Waals surface area contributed by atoms with E-state index in [4.69, 9.17) is 0 Å². The first-order valence-corrected chi connectivity index (χ1v) is 6.49. The lowest BCUT2D eigenvalue weighted by molar-refractivity contribution is 0.162. The number of aromatic nitrogens is 2. The molecule has 1 aromatic rings. The summed E-state index contributed by atoms with van der Waals surface area (Å²) in [6, 6.07) is 2.54. The number of nitrogens with one attached hydrogen (secondary N) is 1. The van der Waals surface area contributed by atoms with Crippen LogP contribution in [0.4, 0.5) is 0 Å². The summed E-state index contributed by atoms with van der Waals surface area (Å²) >= 11 is 0. The molecule has 0 bridgehead atoms. The van der Waals surface area contributed by atoms with Crippen molar-refractivity contribution in [3.8, 4) is 0 Å². The summed E-state index contributed by atoms with van der Waals surface area (Å²) in [7, 11) is 0. The smallest absolute Gasteiger partial charge is 0.0614 e. The highest BCUT2D eigenvalue weighted by Crippen LogP contribution is 2.37. The fourth-order valence-corrected chi connectivity index (χ4v) is 3.06. The topological polar surface area (TPSA) is 50.1 Å². The summed E-state index contributed by atoms with van der Waals surface area (Å²) < 4.78 is 2.13. The number of hydrogen-bond acceptors (Lipinski definition) is 3. The minimum atomic E-state index is -0.0916. The Morgan fingerprint density at radius 1 is 1.59 bits per heavy atom. The molecule has 1 heterocycles. The highest BCUT2D eigenvalue weighted by molar-refractivity contribution is 5.09. The standard InChI is InChI=1S/C13H23N3O/c1-4-14-13(9-17)6-5-12(8-13)16-11(3)7-10(2)15-16/h7,12,14,17H,4-6,8-9H2,1-3H3. The highest BCUT2D eigenvalue weighted by Gasteiger charge is 2.39. The van der Waals surface area contributed by atoms with Crippen molar-refractivity contribution in [2.45, 2.75) is 51.6 Å². The van der Waals surface area contributed by atoms with Crippen molar-refractivity contribution in [2.75, 3.05) is 13.2 Å². The van der Waals surface area contributed by atoms with Crippen LogP contribution in [0.15, 0.2) is 6.07 Å². The Kier molecular flexibility index (Phi) is 3.54. The maximum absolute atomic E-state index is 9.59. The summed E-state index contributed by atoms with van der Waals surface area (Å²) in [6.45, 7) is 7.35. The van der Waals surface area contributed by atoms with Crippen LogP contribution in [0.25, 0.3) is 0 Å². The molecule has 0 spiro atoms. The third-order valence-corrected chi connectivity index (χ3v) is 3.83. The summed E-state index contributed by atoms with van der Waals surface area (Å²) in [5, 5.41) is 17.6. The van der Waals surface area contributed by atoms with E-state index in [0.29, 0.717) is 6.04 Å². The van der Waals surface area contributed by atoms with Gasteiger partial charge in [0.05, 0.1) is 18.3 Å². The normalized spacial score (nSPS) is 28.8. The van der Waals surface area contributed by atoms with E-state index in [-0.39, 0.29) is 12.1 Å². The van der Waals surface area contributed by atoms with Crippen LogP contribution in [0.2, 0.25) is 0 Å². The molecule has 4 nitrogen and oxygen atoms in total. The Bertz CT molecular complexity index is 388. The molecule has 0 radical (unpaired) electrons. The van der Waals surface area contributed by atoms with Crippen molar-refractivity contribution in [2.24, 2.45) is 0 Å². The first-order chi connectivity index (χ1) is 8.10. The molecular formula is C13H23N3O. The average Bonchev–Trinajstić information content (AvgIpc) is 2.84. The zero-order chi connectivity index (χ0) is 12.5. The Balaban J connectivity index is 2.14. The molecule has 1 saturated carbocycles. The molecular weight excluding hydrogens is 214 g/mol. The lowest BCUT2D eigenvalue weighted by Gasteiger charge is -2.28. The maximum atomic E-state index is 9.59. The molecule has 2 atom stereocenters. The lowest BCUT2D eigenvalue weighted by Crippen LogP contribution is -2.46. The van der Waals surface area contributed by atoms with Gasteiger partial charge in [-0.1, -0.05) is 6.92 Å². The second-order valence-electron chi connectivity index (χ2n) is 5.24. The van der Waals surface area contributed by atoms with Gasteiger partial charge in [0.15, 0.2) is 0 Å². The van der Waals surface area contributed by atoms with Gasteiger partial charge in [-0.3, -0.25) is 4.68 Å². The summed E-state index contributed by atoms with van der Waals surface area (Å²) in [4.78, 5) is 0. The van der Waals surface area contributed by atoms with Crippen LogP contribution in [0.5, 0.6) is 0 Å². The third-order valence-electron chi connectivity index (χ3n) is 3.83. The Morgan fingerprint density at radius 2 is 2.35 bits per heavy atom. The number of hydrogen-bond donors (Lipinski definition) is 2. The largest absolute Gasteiger partial charge is 0.394 e. The van der Waals surface area contributed by atoms with Crippen LogP contribution < -0.4 is 5.32 Å². The Labute approximate surface area is 103 Å². The van der Waals surface area contributed by atoms with Gasteiger partial charge < -0.3 is 10.4 Å². The molecule has 4 heteroatoms. The van der Waals surface area contributed by atoms with Gasteiger partial charge in [-0.2, -0.15) is 5.10 Å². The maximum Gasteiger partial charge on any atom is 0.0614 e. The van der Waals surface area contributed by atoms with Crippen molar-refractivity contribution in [1.29, 1.82) is 0 Å². The SMILES string of the molecule is CCNC1(CO)CCC(n2nc(C)cc2C)C1. The average molecular weight is 237 g/mol. The monoisotopic (exact) mass is 237 g/mol. The van der Waals surface area contributed by atoms with Crippen LogP contribution in [0.1, 0.15) is 43.6 Å². The van der Waals surface area contributed by atoms with Gasteiger partial charge in [0.25, 0.3) is 0 Å². The van der Waals surface area contributed by atoms with Gasteiger partial charge >= 0.3 is 0 Å². The minimum Gasteiger partial charge on any atom is -0.394 e. The van der Waals surface area contributed by atoms with Crippen molar-refractivity contribution in [3.05, 3.63) is 17.5 Å². The van der Waals surface area contributed by atoms with Crippen LogP contribution in [0, 0.1) is 13.8 Å². The number of nitrogens with zero attached hydrogens (tertiary/aromatic N) is 2. The summed E-state index contributed by atoms with van der Waals surface area (Å²) in [6.07, 6.45) is 3.09. The first kappa shape index (κ1) is 12.6. The van der Waals surface area contributed by atoms with E-state index < -0.39 is 0 Å². The Morgan fingerprint density at radius 3 is 2.88 bits per heavy atom. The molecule has 1 aliphatic carbocycles. The molecule has 0 amide bonds. The van der Waals surface area contributed by atoms with Crippen LogP contribution in [0.3, 0.4) is 0 Å². The molecule has 0 aromatic carbocycles. The molecule has 0 saturated heterocycles. The van der Waals surface area contributed by atoms with Crippen molar-refractivity contribution < 1.29 is 5.11 Å². The highest BCUT2D eigenvalue weighted by atomic mass is 16.3. The molecule has 2 unspecified atom stereocenters. The molecule has 2 rings (SSSR count). The fourth-order valence-electron chi connectivity index (χ4n) is 3.06. The van der Waals surface area contributed by atoms with E-state index in [0.717, 1.165) is 31.5 Å². The summed E-state index contributed by atoms with van der Waals surface area (Å²) in [5.74, 6) is 0. The van der Waals surface area contributed by atoms with Crippen LogP contribution in [-0.4, -0.2) is 33.6 Å². The quantitative estimate of drug-likeness (QED) is 0.835. The van der Waals surface area contributed by atoms with E-state index in [9.17, 15) is 5.11 Å². The van der Waals surface area contributed by atoms with Gasteiger partial charge in [-0.05, 0) is 45.7 Å². The molecule has 2 N–H and O–H groups in total. The van der Waals surface area contributed by atoms with Crippen LogP contribution >= 0.6 is 0 Å². The zero-order valence-electron chi connectivity index (χ0n) is 11.0. The van der Waals surface area contributed by atoms with Crippen LogP contribution in [-0.2, 0) is 0 Å². The Hall–Kier alpha value is -0.870. The van der Waals surface area contributed by atoms with E-state index >= 15 is 0 Å². The third kappa shape index (κ3) is 2.38. The number of aliphatic hydroxyl groups is 1. The molecule has 1 aromatic heterocycles. The van der Waals surface area contributed by atoms with Gasteiger partial charge in [0.2, 0.25) is 0 Å². The number of rotatable bonds is 4. The number of likely N-dealkylation sites (N-methyl/N-ethyl adjacent to an activating group) is 1. The molecule has 0 aliphatic heterocycles. The second-order valence-corrected chi connectivity index (χ2v) is 5.24. The first-order valence-electron chi connectivity index (χ1n) is 6.49. The van der Waals surface area contributed by atoms with Gasteiger partial charge in [0.1, 0.15) is 0 Å². The molecule has 96 valence electrons. The molecule has 1 aliphatic rings. The van der Waals surface area contributed by atoms with Gasteiger partial charge in [0, 0.05) is 11.2 Å². The molecule has 1 fully saturated rings. The van der Waals surface area contributed by atoms with E-state index in [2.05, 4.69) is 35.0 Å². The van der Waals surface area contributed by atoms with Crippen molar-refractivity contribution >= 4 is 0 Å². The predicted molar refractivity (Wildman–Crippen MR) is 68.1 cm³/mol. The summed E-state index contributed by atoms with van der Waals surface area (Å²) in [5.41, 5.74) is 2.20. The predicted octanol–water partition coefficient (Wildman–Crippen LogP) is 1.57. The number of aryl methyl sites for hydroxylation is 2. The molecule has 17 heavy (non-hydrogen) atoms. The fraction of sp³-hybridized carbons (Fsp3) is 0.769. The second kappa shape index (κ2) is 4.78. The van der Waals surface area contributed by atoms with E-state index in [1.54, 1.807) is 0 Å². The van der Waals surface area contributed by atoms with Crippen molar-refractivity contribution in [1.82, 2.24) is 15.1 Å². The van der Waals surface area contributed by atoms with Gasteiger partial charge in [-0.25, -0.2) is 0 Å².